The molecule has 23 heavy (non-hydrogen) atoms. The third-order valence-corrected chi connectivity index (χ3v) is 3.67. The summed E-state index contributed by atoms with van der Waals surface area (Å²) in [5.41, 5.74) is 2.73. The number of carboxylic acids is 1. The Bertz CT molecular complexity index is 680. The quantitative estimate of drug-likeness (QED) is 0.730. The summed E-state index contributed by atoms with van der Waals surface area (Å²) in [7, 11) is 0. The van der Waals surface area contributed by atoms with Gasteiger partial charge in [-0.25, -0.2) is 0 Å². The molecule has 2 rings (SSSR count). The Labute approximate surface area is 134 Å². The fourth-order valence-corrected chi connectivity index (χ4v) is 2.16. The average Bonchev–Trinajstić information content (AvgIpc) is 3.01. The molecule has 0 aliphatic rings. The number of hydrogen-bond donors (Lipinski definition) is 3. The number of rotatable bonds is 7. The van der Waals surface area contributed by atoms with Gasteiger partial charge < -0.3 is 14.8 Å². The number of anilines is 1. The Hall–Kier alpha value is -2.60. The maximum absolute atomic E-state index is 12.1. The van der Waals surface area contributed by atoms with Gasteiger partial charge in [-0.15, -0.1) is 0 Å². The van der Waals surface area contributed by atoms with Gasteiger partial charge in [0.25, 0.3) is 0 Å². The molecule has 0 saturated heterocycles. The van der Waals surface area contributed by atoms with Gasteiger partial charge in [-0.1, -0.05) is 12.1 Å². The van der Waals surface area contributed by atoms with Crippen LogP contribution in [0.5, 0.6) is 0 Å². The highest BCUT2D eigenvalue weighted by Crippen LogP contribution is 2.18. The van der Waals surface area contributed by atoms with Gasteiger partial charge in [0.05, 0.1) is 19.2 Å². The lowest BCUT2D eigenvalue weighted by molar-refractivity contribution is -0.141. The van der Waals surface area contributed by atoms with E-state index in [0.29, 0.717) is 11.4 Å². The number of carboxylic acid groups (broad SMARTS) is 1. The largest absolute Gasteiger partial charge is 0.480 e. The van der Waals surface area contributed by atoms with Crippen LogP contribution < -0.4 is 10.6 Å². The first-order valence-electron chi connectivity index (χ1n) is 7.32. The van der Waals surface area contributed by atoms with Crippen LogP contribution >= 0.6 is 0 Å². The number of hydrogen-bond acceptors (Lipinski definition) is 4. The van der Waals surface area contributed by atoms with Crippen molar-refractivity contribution in [2.24, 2.45) is 0 Å². The molecule has 0 aliphatic heterocycles. The van der Waals surface area contributed by atoms with Crippen molar-refractivity contribution < 1.29 is 19.1 Å². The first-order valence-corrected chi connectivity index (χ1v) is 7.32. The minimum absolute atomic E-state index is 0.163. The van der Waals surface area contributed by atoms with Crippen LogP contribution in [0.2, 0.25) is 0 Å². The van der Waals surface area contributed by atoms with Gasteiger partial charge in [0.15, 0.2) is 0 Å². The van der Waals surface area contributed by atoms with E-state index in [-0.39, 0.29) is 18.9 Å². The van der Waals surface area contributed by atoms with Gasteiger partial charge in [-0.2, -0.15) is 0 Å². The molecule has 122 valence electrons. The molecular weight excluding hydrogens is 296 g/mol. The number of nitrogens with one attached hydrogen (secondary N) is 2. The van der Waals surface area contributed by atoms with Gasteiger partial charge in [0, 0.05) is 5.69 Å². The lowest BCUT2D eigenvalue weighted by Crippen LogP contribution is -2.39. The van der Waals surface area contributed by atoms with Crippen molar-refractivity contribution in [1.82, 2.24) is 5.32 Å². The van der Waals surface area contributed by atoms with Crippen LogP contribution in [-0.4, -0.2) is 23.0 Å². The van der Waals surface area contributed by atoms with E-state index < -0.39 is 12.0 Å². The highest BCUT2D eigenvalue weighted by Gasteiger charge is 2.21. The van der Waals surface area contributed by atoms with Crippen LogP contribution in [0.3, 0.4) is 0 Å². The zero-order valence-electron chi connectivity index (χ0n) is 13.1. The van der Waals surface area contributed by atoms with E-state index in [1.165, 1.54) is 6.26 Å². The number of carbonyl (C=O) groups excluding carboxylic acids is 1. The molecule has 1 heterocycles. The lowest BCUT2D eigenvalue weighted by atomic mass is 10.1. The van der Waals surface area contributed by atoms with E-state index in [2.05, 4.69) is 10.6 Å². The summed E-state index contributed by atoms with van der Waals surface area (Å²) >= 11 is 0. The van der Waals surface area contributed by atoms with Crippen molar-refractivity contribution in [1.29, 1.82) is 0 Å². The Balaban J connectivity index is 1.95. The molecule has 6 heteroatoms. The molecule has 0 aliphatic carbocycles. The third-order valence-electron chi connectivity index (χ3n) is 3.67. The zero-order chi connectivity index (χ0) is 16.8. The van der Waals surface area contributed by atoms with Gasteiger partial charge in [0.1, 0.15) is 11.8 Å². The number of benzene rings is 1. The lowest BCUT2D eigenvalue weighted by Gasteiger charge is -2.15. The zero-order valence-corrected chi connectivity index (χ0v) is 13.1. The van der Waals surface area contributed by atoms with Gasteiger partial charge in [-0.3, -0.25) is 14.9 Å². The van der Waals surface area contributed by atoms with E-state index in [4.69, 9.17) is 4.42 Å². The first-order chi connectivity index (χ1) is 11.0. The summed E-state index contributed by atoms with van der Waals surface area (Å²) in [6.45, 7) is 4.12. The Morgan fingerprint density at radius 1 is 1.22 bits per heavy atom. The molecule has 3 N–H and O–H groups in total. The normalized spacial score (nSPS) is 11.9. The highest BCUT2D eigenvalue weighted by molar-refractivity contribution is 5.94. The SMILES string of the molecule is Cc1cccc(NC(=O)C[C@H](NCc2ccco2)C(=O)O)c1C. The van der Waals surface area contributed by atoms with Gasteiger partial charge in [-0.05, 0) is 43.2 Å². The van der Waals surface area contributed by atoms with Crippen molar-refractivity contribution in [2.75, 3.05) is 5.32 Å². The summed E-state index contributed by atoms with van der Waals surface area (Å²) in [5.74, 6) is -0.808. The molecule has 0 radical (unpaired) electrons. The molecule has 0 saturated carbocycles. The van der Waals surface area contributed by atoms with E-state index in [0.717, 1.165) is 11.1 Å². The molecule has 0 unspecified atom stereocenters. The van der Waals surface area contributed by atoms with Gasteiger partial charge in [0.2, 0.25) is 5.91 Å². The molecule has 0 fully saturated rings. The van der Waals surface area contributed by atoms with Crippen molar-refractivity contribution in [2.45, 2.75) is 32.9 Å². The minimum atomic E-state index is -1.08. The Morgan fingerprint density at radius 2 is 2.00 bits per heavy atom. The molecule has 1 aromatic heterocycles. The maximum Gasteiger partial charge on any atom is 0.321 e. The second kappa shape index (κ2) is 7.60. The molecule has 6 nitrogen and oxygen atoms in total. The number of aliphatic carboxylic acids is 1. The number of amides is 1. The summed E-state index contributed by atoms with van der Waals surface area (Å²) in [5, 5.41) is 14.8. The predicted octanol–water partition coefficient (Wildman–Crippen LogP) is 2.47. The second-order valence-electron chi connectivity index (χ2n) is 5.35. The van der Waals surface area contributed by atoms with Crippen LogP contribution in [0.4, 0.5) is 5.69 Å². The van der Waals surface area contributed by atoms with E-state index >= 15 is 0 Å². The number of aryl methyl sites for hydroxylation is 1. The Morgan fingerprint density at radius 3 is 2.65 bits per heavy atom. The monoisotopic (exact) mass is 316 g/mol. The van der Waals surface area contributed by atoms with Crippen LogP contribution in [0.25, 0.3) is 0 Å². The molecular formula is C17H20N2O4. The first kappa shape index (κ1) is 16.8. The molecule has 1 amide bonds. The predicted molar refractivity (Wildman–Crippen MR) is 86.1 cm³/mol. The third kappa shape index (κ3) is 4.69. The van der Waals surface area contributed by atoms with Crippen LogP contribution in [-0.2, 0) is 16.1 Å². The van der Waals surface area contributed by atoms with Crippen molar-refractivity contribution in [3.8, 4) is 0 Å². The van der Waals surface area contributed by atoms with Crippen LogP contribution in [0.15, 0.2) is 41.0 Å². The molecule has 0 spiro atoms. The van der Waals surface area contributed by atoms with E-state index in [1.54, 1.807) is 18.2 Å². The van der Waals surface area contributed by atoms with Crippen LogP contribution in [0, 0.1) is 13.8 Å². The van der Waals surface area contributed by atoms with Crippen molar-refractivity contribution in [3.05, 3.63) is 53.5 Å². The van der Waals surface area contributed by atoms with Crippen molar-refractivity contribution in [3.63, 3.8) is 0 Å². The van der Waals surface area contributed by atoms with Crippen molar-refractivity contribution >= 4 is 17.6 Å². The smallest absolute Gasteiger partial charge is 0.321 e. The second-order valence-corrected chi connectivity index (χ2v) is 5.35. The molecule has 1 atom stereocenters. The number of furan rings is 1. The summed E-state index contributed by atoms with van der Waals surface area (Å²) in [6.07, 6.45) is 1.35. The fourth-order valence-electron chi connectivity index (χ4n) is 2.16. The topological polar surface area (TPSA) is 91.6 Å². The fraction of sp³-hybridized carbons (Fsp3) is 0.294. The summed E-state index contributed by atoms with van der Waals surface area (Å²) < 4.78 is 5.14. The standard InChI is InChI=1S/C17H20N2O4/c1-11-5-3-7-14(12(11)2)19-16(20)9-15(17(21)22)18-10-13-6-4-8-23-13/h3-8,15,18H,9-10H2,1-2H3,(H,19,20)(H,21,22)/t15-/m0/s1. The highest BCUT2D eigenvalue weighted by atomic mass is 16.4. The Kier molecular flexibility index (Phi) is 5.54. The van der Waals surface area contributed by atoms with E-state index in [1.807, 2.05) is 26.0 Å². The molecule has 2 aromatic rings. The van der Waals surface area contributed by atoms with Gasteiger partial charge >= 0.3 is 5.97 Å². The summed E-state index contributed by atoms with van der Waals surface area (Å²) in [4.78, 5) is 23.4. The number of carbonyl (C=O) groups is 2. The van der Waals surface area contributed by atoms with E-state index in [9.17, 15) is 14.7 Å². The summed E-state index contributed by atoms with van der Waals surface area (Å²) in [6, 6.07) is 8.08. The molecule has 0 bridgehead atoms. The maximum atomic E-state index is 12.1. The minimum Gasteiger partial charge on any atom is -0.480 e. The molecule has 1 aromatic carbocycles. The van der Waals surface area contributed by atoms with Crippen LogP contribution in [0.1, 0.15) is 23.3 Å². The average molecular weight is 316 g/mol.